The van der Waals surface area contributed by atoms with Crippen LogP contribution in [0.2, 0.25) is 0 Å². The minimum atomic E-state index is -0.608. The lowest BCUT2D eigenvalue weighted by molar-refractivity contribution is -0.147. The molecule has 8 nitrogen and oxygen atoms in total. The van der Waals surface area contributed by atoms with Crippen LogP contribution in [0.4, 0.5) is 5.69 Å². The summed E-state index contributed by atoms with van der Waals surface area (Å²) in [5.74, 6) is -1.87. The van der Waals surface area contributed by atoms with E-state index in [4.69, 9.17) is 4.74 Å². The third-order valence-electron chi connectivity index (χ3n) is 3.59. The number of hydrogen-bond acceptors (Lipinski definition) is 7. The fraction of sp³-hybridized carbons (Fsp3) is 0.263. The Bertz CT molecular complexity index is 833. The summed E-state index contributed by atoms with van der Waals surface area (Å²) in [6, 6.07) is 9.21. The molecule has 2 N–H and O–H groups in total. The maximum absolute atomic E-state index is 12.0. The van der Waals surface area contributed by atoms with E-state index in [0.29, 0.717) is 11.3 Å². The number of methoxy groups -OCH3 is 1. The van der Waals surface area contributed by atoms with E-state index < -0.39 is 30.5 Å². The van der Waals surface area contributed by atoms with Crippen LogP contribution in [-0.4, -0.2) is 37.5 Å². The third kappa shape index (κ3) is 6.51. The van der Waals surface area contributed by atoms with Gasteiger partial charge in [-0.3, -0.25) is 14.4 Å². The highest BCUT2D eigenvalue weighted by molar-refractivity contribution is 7.10. The third-order valence-corrected chi connectivity index (χ3v) is 4.57. The molecule has 1 heterocycles. The molecule has 0 saturated heterocycles. The molecule has 2 aromatic rings. The highest BCUT2D eigenvalue weighted by Crippen LogP contribution is 2.22. The van der Waals surface area contributed by atoms with Crippen LogP contribution in [0.15, 0.2) is 41.8 Å². The van der Waals surface area contributed by atoms with Crippen molar-refractivity contribution in [2.45, 2.75) is 19.4 Å². The van der Waals surface area contributed by atoms with Crippen molar-refractivity contribution in [3.05, 3.63) is 52.2 Å². The molecule has 1 atom stereocenters. The van der Waals surface area contributed by atoms with Gasteiger partial charge in [-0.1, -0.05) is 6.07 Å². The Balaban J connectivity index is 1.83. The molecule has 1 unspecified atom stereocenters. The lowest BCUT2D eigenvalue weighted by Crippen LogP contribution is -2.29. The molecule has 0 radical (unpaired) electrons. The highest BCUT2D eigenvalue weighted by atomic mass is 32.1. The Morgan fingerprint density at radius 1 is 1.11 bits per heavy atom. The molecule has 9 heteroatoms. The number of carbonyl (C=O) groups is 4. The number of benzene rings is 1. The quantitative estimate of drug-likeness (QED) is 0.653. The SMILES string of the molecule is COC(=O)c1ccc(NC(=O)COC(=O)CC(NC(C)=O)c2cccs2)cc1. The summed E-state index contributed by atoms with van der Waals surface area (Å²) < 4.78 is 9.59. The first-order chi connectivity index (χ1) is 13.4. The summed E-state index contributed by atoms with van der Waals surface area (Å²) in [5, 5.41) is 7.09. The van der Waals surface area contributed by atoms with Crippen molar-refractivity contribution in [2.24, 2.45) is 0 Å². The molecule has 1 aromatic carbocycles. The fourth-order valence-corrected chi connectivity index (χ4v) is 3.11. The van der Waals surface area contributed by atoms with E-state index in [-0.39, 0.29) is 12.3 Å². The Kier molecular flexibility index (Phi) is 7.70. The van der Waals surface area contributed by atoms with Crippen molar-refractivity contribution in [3.63, 3.8) is 0 Å². The Hall–Kier alpha value is -3.20. The van der Waals surface area contributed by atoms with E-state index in [0.717, 1.165) is 4.88 Å². The summed E-state index contributed by atoms with van der Waals surface area (Å²) in [6.45, 7) is 0.902. The molecule has 1 aromatic heterocycles. The Morgan fingerprint density at radius 3 is 2.39 bits per heavy atom. The van der Waals surface area contributed by atoms with Crippen LogP contribution in [0.5, 0.6) is 0 Å². The van der Waals surface area contributed by atoms with E-state index in [2.05, 4.69) is 15.4 Å². The number of rotatable bonds is 8. The molecule has 0 spiro atoms. The van der Waals surface area contributed by atoms with Crippen LogP contribution in [-0.2, 0) is 23.9 Å². The predicted octanol–water partition coefficient (Wildman–Crippen LogP) is 2.28. The average molecular weight is 404 g/mol. The Labute approximate surface area is 165 Å². The van der Waals surface area contributed by atoms with Crippen LogP contribution in [0.1, 0.15) is 34.6 Å². The fourth-order valence-electron chi connectivity index (χ4n) is 2.33. The second kappa shape index (κ2) is 10.2. The van der Waals surface area contributed by atoms with Crippen LogP contribution in [0, 0.1) is 0 Å². The zero-order valence-electron chi connectivity index (χ0n) is 15.4. The minimum absolute atomic E-state index is 0.0821. The summed E-state index contributed by atoms with van der Waals surface area (Å²) in [7, 11) is 1.28. The summed E-state index contributed by atoms with van der Waals surface area (Å²) in [5.41, 5.74) is 0.799. The maximum Gasteiger partial charge on any atom is 0.337 e. The average Bonchev–Trinajstić information content (AvgIpc) is 3.20. The zero-order valence-corrected chi connectivity index (χ0v) is 16.2. The topological polar surface area (TPSA) is 111 Å². The molecule has 2 rings (SSSR count). The van der Waals surface area contributed by atoms with E-state index in [1.165, 1.54) is 49.6 Å². The summed E-state index contributed by atoms with van der Waals surface area (Å²) in [4.78, 5) is 47.5. The van der Waals surface area contributed by atoms with Gasteiger partial charge in [-0.25, -0.2) is 4.79 Å². The number of anilines is 1. The molecule has 0 aliphatic heterocycles. The van der Waals surface area contributed by atoms with Gasteiger partial charge in [0.05, 0.1) is 25.1 Å². The largest absolute Gasteiger partial charge is 0.465 e. The van der Waals surface area contributed by atoms with Gasteiger partial charge in [-0.15, -0.1) is 11.3 Å². The molecule has 2 amide bonds. The van der Waals surface area contributed by atoms with Crippen molar-refractivity contribution >= 4 is 40.8 Å². The van der Waals surface area contributed by atoms with E-state index >= 15 is 0 Å². The van der Waals surface area contributed by atoms with Gasteiger partial charge >= 0.3 is 11.9 Å². The second-order valence-corrected chi connectivity index (χ2v) is 6.73. The molecule has 0 aliphatic rings. The lowest BCUT2D eigenvalue weighted by atomic mass is 10.1. The van der Waals surface area contributed by atoms with Crippen LogP contribution in [0.25, 0.3) is 0 Å². The van der Waals surface area contributed by atoms with Crippen molar-refractivity contribution in [1.82, 2.24) is 5.32 Å². The van der Waals surface area contributed by atoms with Crippen LogP contribution < -0.4 is 10.6 Å². The van der Waals surface area contributed by atoms with Gasteiger partial charge in [0.2, 0.25) is 5.91 Å². The van der Waals surface area contributed by atoms with Crippen LogP contribution >= 0.6 is 11.3 Å². The number of esters is 2. The Morgan fingerprint density at radius 2 is 1.82 bits per heavy atom. The van der Waals surface area contributed by atoms with Crippen molar-refractivity contribution in [3.8, 4) is 0 Å². The molecule has 0 bridgehead atoms. The molecular weight excluding hydrogens is 384 g/mol. The van der Waals surface area contributed by atoms with Gasteiger partial charge in [-0.2, -0.15) is 0 Å². The summed E-state index contributed by atoms with van der Waals surface area (Å²) in [6.07, 6.45) is -0.0821. The molecule has 0 fully saturated rings. The van der Waals surface area contributed by atoms with E-state index in [1.807, 2.05) is 17.5 Å². The first-order valence-corrected chi connectivity index (χ1v) is 9.21. The minimum Gasteiger partial charge on any atom is -0.465 e. The second-order valence-electron chi connectivity index (χ2n) is 5.75. The molecule has 28 heavy (non-hydrogen) atoms. The number of carbonyl (C=O) groups excluding carboxylic acids is 4. The molecule has 148 valence electrons. The molecule has 0 saturated carbocycles. The standard InChI is InChI=1S/C19H20N2O6S/c1-12(22)20-15(16-4-3-9-28-16)10-18(24)27-11-17(23)21-14-7-5-13(6-8-14)19(25)26-2/h3-9,15H,10-11H2,1-2H3,(H,20,22)(H,21,23). The normalized spacial score (nSPS) is 11.2. The smallest absolute Gasteiger partial charge is 0.337 e. The van der Waals surface area contributed by atoms with Gasteiger partial charge < -0.3 is 20.1 Å². The monoisotopic (exact) mass is 404 g/mol. The van der Waals surface area contributed by atoms with E-state index in [1.54, 1.807) is 0 Å². The highest BCUT2D eigenvalue weighted by Gasteiger charge is 2.19. The number of hydrogen-bond donors (Lipinski definition) is 2. The van der Waals surface area contributed by atoms with E-state index in [9.17, 15) is 19.2 Å². The maximum atomic E-state index is 12.0. The predicted molar refractivity (Wildman–Crippen MR) is 103 cm³/mol. The van der Waals surface area contributed by atoms with Crippen molar-refractivity contribution in [2.75, 3.05) is 19.0 Å². The first-order valence-electron chi connectivity index (χ1n) is 8.33. The van der Waals surface area contributed by atoms with Gasteiger partial charge in [-0.05, 0) is 35.7 Å². The summed E-state index contributed by atoms with van der Waals surface area (Å²) >= 11 is 1.41. The number of ether oxygens (including phenoxy) is 2. The number of nitrogens with one attached hydrogen (secondary N) is 2. The van der Waals surface area contributed by atoms with Crippen LogP contribution in [0.3, 0.4) is 0 Å². The van der Waals surface area contributed by atoms with Gasteiger partial charge in [0.15, 0.2) is 6.61 Å². The van der Waals surface area contributed by atoms with Gasteiger partial charge in [0.25, 0.3) is 5.91 Å². The first kappa shape index (κ1) is 21.1. The van der Waals surface area contributed by atoms with Gasteiger partial charge in [0, 0.05) is 17.5 Å². The number of amides is 2. The number of thiophene rings is 1. The van der Waals surface area contributed by atoms with Gasteiger partial charge in [0.1, 0.15) is 0 Å². The molecular formula is C19H20N2O6S. The lowest BCUT2D eigenvalue weighted by Gasteiger charge is -2.15. The molecule has 0 aliphatic carbocycles. The van der Waals surface area contributed by atoms with Crippen molar-refractivity contribution < 1.29 is 28.7 Å². The zero-order chi connectivity index (χ0) is 20.5. The van der Waals surface area contributed by atoms with Crippen molar-refractivity contribution in [1.29, 1.82) is 0 Å².